The molecular formula is C5H4S2. The second kappa shape index (κ2) is 5.74. The first-order chi connectivity index (χ1) is 3.41. The van der Waals surface area contributed by atoms with E-state index in [4.69, 9.17) is 0 Å². The van der Waals surface area contributed by atoms with Crippen LogP contribution in [0.25, 0.3) is 0 Å². The predicted molar refractivity (Wildman–Crippen MR) is 39.0 cm³/mol. The fraction of sp³-hybridized carbons (Fsp3) is 0.200. The van der Waals surface area contributed by atoms with E-state index >= 15 is 0 Å². The van der Waals surface area contributed by atoms with Gasteiger partial charge < -0.3 is 0 Å². The molecule has 36 valence electrons. The lowest BCUT2D eigenvalue weighted by Gasteiger charge is -1.64. The fourth-order valence-corrected chi connectivity index (χ4v) is 0.348. The molecule has 0 amide bonds. The Balaban J connectivity index is 3.33. The average molecular weight is 128 g/mol. The van der Waals surface area contributed by atoms with Crippen LogP contribution >= 0.6 is 24.4 Å². The van der Waals surface area contributed by atoms with Crippen molar-refractivity contribution in [3.05, 3.63) is 12.2 Å². The summed E-state index contributed by atoms with van der Waals surface area (Å²) >= 11 is 8.76. The number of hydrogen-bond donors (Lipinski definition) is 0. The summed E-state index contributed by atoms with van der Waals surface area (Å²) in [5.41, 5.74) is 0. The molecule has 0 N–H and O–H groups in total. The highest BCUT2D eigenvalue weighted by Gasteiger charge is 1.60. The van der Waals surface area contributed by atoms with Crippen LogP contribution in [-0.4, -0.2) is 10.0 Å². The van der Waals surface area contributed by atoms with Crippen LogP contribution in [0.3, 0.4) is 0 Å². The number of allylic oxidation sites excluding steroid dienone is 2. The molecule has 0 aromatic heterocycles. The zero-order valence-corrected chi connectivity index (χ0v) is 5.31. The van der Waals surface area contributed by atoms with Crippen molar-refractivity contribution in [2.45, 2.75) is 6.42 Å². The summed E-state index contributed by atoms with van der Waals surface area (Å²) in [4.78, 5) is 0. The molecule has 0 aliphatic rings. The van der Waals surface area contributed by atoms with Crippen molar-refractivity contribution < 1.29 is 0 Å². The lowest BCUT2D eigenvalue weighted by atomic mass is 10.4. The highest BCUT2D eigenvalue weighted by Crippen LogP contribution is 1.74. The van der Waals surface area contributed by atoms with Gasteiger partial charge in [-0.15, -0.1) is 0 Å². The summed E-state index contributed by atoms with van der Waals surface area (Å²) < 4.78 is 0. The summed E-state index contributed by atoms with van der Waals surface area (Å²) in [5, 5.41) is 4.89. The first kappa shape index (κ1) is 6.74. The van der Waals surface area contributed by atoms with Gasteiger partial charge in [0.1, 0.15) is 0 Å². The molecule has 2 heteroatoms. The van der Waals surface area contributed by atoms with Gasteiger partial charge in [0.2, 0.25) is 0 Å². The summed E-state index contributed by atoms with van der Waals surface area (Å²) in [6.45, 7) is 0. The quantitative estimate of drug-likeness (QED) is 0.519. The highest BCUT2D eigenvalue weighted by atomic mass is 32.1. The Kier molecular flexibility index (Phi) is 5.53. The van der Waals surface area contributed by atoms with Crippen LogP contribution in [0.4, 0.5) is 0 Å². The third kappa shape index (κ3) is 5.74. The normalized spacial score (nSPS) is 5.71. The Morgan fingerprint density at radius 1 is 1.14 bits per heavy atom. The summed E-state index contributed by atoms with van der Waals surface area (Å²) in [6.07, 6.45) is 4.19. The number of hydrogen-bond acceptors (Lipinski definition) is 2. The lowest BCUT2D eigenvalue weighted by molar-refractivity contribution is 1.46. The molecule has 0 rings (SSSR count). The molecule has 0 heterocycles. The van der Waals surface area contributed by atoms with Gasteiger partial charge in [-0.25, -0.2) is 0 Å². The molecular weight excluding hydrogens is 124 g/mol. The molecule has 0 spiro atoms. The monoisotopic (exact) mass is 128 g/mol. The van der Waals surface area contributed by atoms with Gasteiger partial charge in [0.25, 0.3) is 0 Å². The van der Waals surface area contributed by atoms with Crippen LogP contribution in [0.1, 0.15) is 6.42 Å². The molecule has 0 nitrogen and oxygen atoms in total. The largest absolute Gasteiger partial charge is 0.0501 e. The van der Waals surface area contributed by atoms with Crippen LogP contribution in [0.2, 0.25) is 0 Å². The van der Waals surface area contributed by atoms with Crippen molar-refractivity contribution in [3.8, 4) is 0 Å². The maximum Gasteiger partial charge on any atom is 0.0000380 e. The molecule has 0 atom stereocenters. The third-order valence-corrected chi connectivity index (χ3v) is 0.736. The van der Waals surface area contributed by atoms with E-state index in [-0.39, 0.29) is 0 Å². The smallest absolute Gasteiger partial charge is 0.0000380 e. The number of thiocarbonyl (C=S) groups is 2. The third-order valence-electron chi connectivity index (χ3n) is 0.402. The maximum absolute atomic E-state index is 4.38. The Morgan fingerprint density at radius 3 is 1.86 bits per heavy atom. The van der Waals surface area contributed by atoms with E-state index in [1.54, 1.807) is 12.2 Å². The zero-order chi connectivity index (χ0) is 5.54. The molecule has 0 aliphatic carbocycles. The van der Waals surface area contributed by atoms with Gasteiger partial charge in [0, 0.05) is 6.42 Å². The number of rotatable bonds is 2. The van der Waals surface area contributed by atoms with Crippen LogP contribution < -0.4 is 0 Å². The topological polar surface area (TPSA) is 0 Å². The van der Waals surface area contributed by atoms with Gasteiger partial charge in [-0.2, -0.15) is 0 Å². The SMILES string of the molecule is S=C=CCC=C=S. The van der Waals surface area contributed by atoms with Gasteiger partial charge in [0.15, 0.2) is 0 Å². The first-order valence-electron chi connectivity index (χ1n) is 1.80. The second-order valence-corrected chi connectivity index (χ2v) is 1.35. The van der Waals surface area contributed by atoms with E-state index in [1.165, 1.54) is 0 Å². The van der Waals surface area contributed by atoms with E-state index in [0.717, 1.165) is 6.42 Å². The van der Waals surface area contributed by atoms with Crippen molar-refractivity contribution in [2.75, 3.05) is 0 Å². The van der Waals surface area contributed by atoms with Crippen LogP contribution in [0, 0.1) is 0 Å². The van der Waals surface area contributed by atoms with Gasteiger partial charge >= 0.3 is 0 Å². The molecule has 0 aliphatic heterocycles. The van der Waals surface area contributed by atoms with E-state index in [1.807, 2.05) is 0 Å². The van der Waals surface area contributed by atoms with Gasteiger partial charge in [-0.05, 0) is 36.6 Å². The Bertz CT molecular complexity index is 109. The van der Waals surface area contributed by atoms with Crippen molar-refractivity contribution in [2.24, 2.45) is 0 Å². The minimum Gasteiger partial charge on any atom is -0.0501 e. The Hall–Kier alpha value is -0.260. The average Bonchev–Trinajstić information content (AvgIpc) is 1.69. The molecule has 0 aromatic rings. The molecule has 0 unspecified atom stereocenters. The summed E-state index contributed by atoms with van der Waals surface area (Å²) in [5.74, 6) is 0. The van der Waals surface area contributed by atoms with Crippen molar-refractivity contribution in [1.29, 1.82) is 0 Å². The van der Waals surface area contributed by atoms with E-state index in [2.05, 4.69) is 34.5 Å². The molecule has 7 heavy (non-hydrogen) atoms. The molecule has 0 saturated carbocycles. The van der Waals surface area contributed by atoms with Crippen molar-refractivity contribution in [3.63, 3.8) is 0 Å². The van der Waals surface area contributed by atoms with E-state index < -0.39 is 0 Å². The maximum atomic E-state index is 4.38. The van der Waals surface area contributed by atoms with Crippen LogP contribution in [0.5, 0.6) is 0 Å². The Morgan fingerprint density at radius 2 is 1.57 bits per heavy atom. The summed E-state index contributed by atoms with van der Waals surface area (Å²) in [7, 11) is 0. The zero-order valence-electron chi connectivity index (χ0n) is 3.68. The fourth-order valence-electron chi connectivity index (χ4n) is 0.155. The van der Waals surface area contributed by atoms with Gasteiger partial charge in [-0.3, -0.25) is 0 Å². The highest BCUT2D eigenvalue weighted by molar-refractivity contribution is 7.78. The van der Waals surface area contributed by atoms with Crippen molar-refractivity contribution >= 4 is 34.5 Å². The molecule has 0 fully saturated rings. The van der Waals surface area contributed by atoms with Crippen LogP contribution in [-0.2, 0) is 0 Å². The molecule has 0 radical (unpaired) electrons. The standard InChI is InChI=1S/C5H4S2/c6-4-2-1-3-5-7/h2-3H,1H2. The predicted octanol–water partition coefficient (Wildman–Crippen LogP) is 1.69. The first-order valence-corrected chi connectivity index (χ1v) is 2.62. The summed E-state index contributed by atoms with van der Waals surface area (Å²) in [6, 6.07) is 0. The van der Waals surface area contributed by atoms with Gasteiger partial charge in [0.05, 0.1) is 0 Å². The van der Waals surface area contributed by atoms with Crippen molar-refractivity contribution in [1.82, 2.24) is 0 Å². The molecule has 0 bridgehead atoms. The second-order valence-electron chi connectivity index (χ2n) is 0.880. The van der Waals surface area contributed by atoms with Crippen LogP contribution in [0.15, 0.2) is 12.2 Å². The molecule has 0 aromatic carbocycles. The minimum atomic E-state index is 0.757. The molecule has 0 saturated heterocycles. The van der Waals surface area contributed by atoms with E-state index in [0.29, 0.717) is 0 Å². The minimum absolute atomic E-state index is 0.757. The van der Waals surface area contributed by atoms with Gasteiger partial charge in [-0.1, -0.05) is 10.0 Å². The Labute approximate surface area is 53.5 Å². The lowest BCUT2D eigenvalue weighted by Crippen LogP contribution is -1.53. The van der Waals surface area contributed by atoms with E-state index in [9.17, 15) is 0 Å².